The largest absolute Gasteiger partial charge is 0.494 e. The monoisotopic (exact) mass is 474 g/mol. The average molecular weight is 475 g/mol. The average Bonchev–Trinajstić information content (AvgIpc) is 3.32. The van der Waals surface area contributed by atoms with E-state index in [1.807, 2.05) is 24.0 Å². The molecule has 6 atom stereocenters. The van der Waals surface area contributed by atoms with E-state index < -0.39 is 46.3 Å². The fourth-order valence-electron chi connectivity index (χ4n) is 7.71. The van der Waals surface area contributed by atoms with E-state index in [0.717, 1.165) is 5.56 Å². The van der Waals surface area contributed by atoms with Gasteiger partial charge in [-0.1, -0.05) is 19.1 Å². The molecule has 34 heavy (non-hydrogen) atoms. The maximum atomic E-state index is 15.1. The third-order valence-electron chi connectivity index (χ3n) is 8.68. The van der Waals surface area contributed by atoms with Crippen LogP contribution in [0.25, 0.3) is 0 Å². The molecule has 1 N–H and O–H groups in total. The number of esters is 2. The molecule has 0 unspecified atom stereocenters. The lowest BCUT2D eigenvalue weighted by Crippen LogP contribution is -2.81. The zero-order valence-corrected chi connectivity index (χ0v) is 20.1. The lowest BCUT2D eigenvalue weighted by atomic mass is 9.47. The highest BCUT2D eigenvalue weighted by Crippen LogP contribution is 2.67. The van der Waals surface area contributed by atoms with Crippen LogP contribution in [-0.2, 0) is 24.5 Å². The molecule has 5 rings (SSSR count). The number of anilines is 1. The minimum Gasteiger partial charge on any atom is -0.494 e. The number of carbonyl (C=O) groups excluding carboxylic acids is 2. The van der Waals surface area contributed by atoms with Gasteiger partial charge >= 0.3 is 11.9 Å². The van der Waals surface area contributed by atoms with E-state index >= 15 is 4.39 Å². The maximum absolute atomic E-state index is 15.1. The molecule has 1 saturated carbocycles. The second-order valence-electron chi connectivity index (χ2n) is 9.88. The Bertz CT molecular complexity index is 1090. The zero-order valence-electron chi connectivity index (χ0n) is 20.1. The summed E-state index contributed by atoms with van der Waals surface area (Å²) in [5.74, 6) is -1.89. The molecular formula is C25H31FN2O6. The quantitative estimate of drug-likeness (QED) is 0.522. The van der Waals surface area contributed by atoms with E-state index in [9.17, 15) is 14.7 Å². The molecule has 8 nitrogen and oxygen atoms in total. The number of aliphatic hydroxyl groups is 1. The molecule has 1 aromatic rings. The standard InChI is InChI=1S/C25H31FN2O6/c1-6-23-8-7-10-28-11-9-24(19(23)28)15-12-16(26)18(32-4)13-17(15)27(3)20(24)25(31,22(30)33-5)21(23)34-14(2)29/h7-8,12-13,19-21,31H,6,9-11H2,1-5H3/t19-,20+,21+,23+,24+,25-/m0/s1. The zero-order chi connectivity index (χ0) is 24.6. The minimum atomic E-state index is -2.21. The number of fused-ring (bicyclic) bond motifs is 1. The van der Waals surface area contributed by atoms with E-state index in [4.69, 9.17) is 14.2 Å². The van der Waals surface area contributed by atoms with Gasteiger partial charge in [0.05, 0.1) is 20.3 Å². The number of benzene rings is 1. The van der Waals surface area contributed by atoms with Gasteiger partial charge in [0.2, 0.25) is 5.60 Å². The second-order valence-corrected chi connectivity index (χ2v) is 9.88. The lowest BCUT2D eigenvalue weighted by molar-refractivity contribution is -0.228. The van der Waals surface area contributed by atoms with E-state index in [1.54, 1.807) is 13.1 Å². The Balaban J connectivity index is 1.88. The molecule has 0 amide bonds. The van der Waals surface area contributed by atoms with Crippen molar-refractivity contribution in [2.24, 2.45) is 5.41 Å². The molecule has 1 spiro atoms. The summed E-state index contributed by atoms with van der Waals surface area (Å²) in [4.78, 5) is 29.9. The fraction of sp³-hybridized carbons (Fsp3) is 0.600. The summed E-state index contributed by atoms with van der Waals surface area (Å²) in [6.45, 7) is 4.61. The van der Waals surface area contributed by atoms with Gasteiger partial charge in [-0.05, 0) is 31.0 Å². The van der Waals surface area contributed by atoms with Gasteiger partial charge in [0.25, 0.3) is 0 Å². The van der Waals surface area contributed by atoms with Crippen molar-refractivity contribution in [1.29, 1.82) is 0 Å². The second kappa shape index (κ2) is 7.42. The number of carbonyl (C=O) groups is 2. The van der Waals surface area contributed by atoms with Crippen LogP contribution in [0.1, 0.15) is 32.3 Å². The highest BCUT2D eigenvalue weighted by atomic mass is 19.1. The topological polar surface area (TPSA) is 88.5 Å². The van der Waals surface area contributed by atoms with Crippen molar-refractivity contribution < 1.29 is 33.3 Å². The van der Waals surface area contributed by atoms with Crippen molar-refractivity contribution in [1.82, 2.24) is 4.90 Å². The van der Waals surface area contributed by atoms with Gasteiger partial charge in [-0.2, -0.15) is 0 Å². The molecule has 184 valence electrons. The van der Waals surface area contributed by atoms with Crippen LogP contribution in [-0.4, -0.2) is 80.1 Å². The number of ether oxygens (including phenoxy) is 3. The van der Waals surface area contributed by atoms with Crippen molar-refractivity contribution in [2.45, 2.75) is 55.9 Å². The summed E-state index contributed by atoms with van der Waals surface area (Å²) in [5, 5.41) is 12.4. The number of rotatable bonds is 4. The first-order valence-electron chi connectivity index (χ1n) is 11.6. The van der Waals surface area contributed by atoms with Crippen LogP contribution in [0.5, 0.6) is 5.75 Å². The fourth-order valence-corrected chi connectivity index (χ4v) is 7.71. The van der Waals surface area contributed by atoms with E-state index in [1.165, 1.54) is 27.2 Å². The van der Waals surface area contributed by atoms with Gasteiger partial charge in [0, 0.05) is 49.1 Å². The molecule has 3 heterocycles. The molecule has 0 radical (unpaired) electrons. The highest BCUT2D eigenvalue weighted by Gasteiger charge is 2.80. The van der Waals surface area contributed by atoms with Crippen LogP contribution in [0.4, 0.5) is 10.1 Å². The Morgan fingerprint density at radius 3 is 2.62 bits per heavy atom. The van der Waals surface area contributed by atoms with Crippen molar-refractivity contribution in [3.63, 3.8) is 0 Å². The van der Waals surface area contributed by atoms with Gasteiger partial charge in [-0.3, -0.25) is 9.69 Å². The highest BCUT2D eigenvalue weighted by molar-refractivity contribution is 5.87. The van der Waals surface area contributed by atoms with Gasteiger partial charge in [-0.15, -0.1) is 0 Å². The van der Waals surface area contributed by atoms with E-state index in [-0.39, 0.29) is 11.8 Å². The SMILES string of the molecule is CC[C@]12C=CCN3CC[C@@]4(c5cc(F)c(OC)cc5N(C)[C@H]4[C@@](O)(C(=O)OC)[C@@H]1OC(C)=O)[C@@H]32. The molecule has 0 aromatic heterocycles. The Morgan fingerprint density at radius 2 is 2.00 bits per heavy atom. The third-order valence-corrected chi connectivity index (χ3v) is 8.68. The maximum Gasteiger partial charge on any atom is 0.344 e. The Kier molecular flexibility index (Phi) is 5.04. The lowest BCUT2D eigenvalue weighted by Gasteiger charge is -2.63. The number of methoxy groups -OCH3 is 2. The molecule has 1 aliphatic carbocycles. The number of likely N-dealkylation sites (N-methyl/N-ethyl adjacent to an activating group) is 1. The van der Waals surface area contributed by atoms with Crippen LogP contribution in [0.2, 0.25) is 0 Å². The molecule has 4 aliphatic rings. The molecule has 1 saturated heterocycles. The molecule has 2 fully saturated rings. The number of nitrogens with zero attached hydrogens (tertiary/aromatic N) is 2. The summed E-state index contributed by atoms with van der Waals surface area (Å²) in [7, 11) is 4.39. The molecule has 9 heteroatoms. The summed E-state index contributed by atoms with van der Waals surface area (Å²) in [6.07, 6.45) is 3.88. The van der Waals surface area contributed by atoms with Gasteiger partial charge < -0.3 is 24.2 Å². The summed E-state index contributed by atoms with van der Waals surface area (Å²) >= 11 is 0. The van der Waals surface area contributed by atoms with Crippen LogP contribution in [0.15, 0.2) is 24.3 Å². The Labute approximate surface area is 198 Å². The summed E-state index contributed by atoms with van der Waals surface area (Å²) in [5.41, 5.74) is -2.50. The predicted octanol–water partition coefficient (Wildman–Crippen LogP) is 1.78. The first-order valence-corrected chi connectivity index (χ1v) is 11.6. The molecular weight excluding hydrogens is 443 g/mol. The molecule has 1 aromatic carbocycles. The van der Waals surface area contributed by atoms with Gasteiger partial charge in [0.15, 0.2) is 17.7 Å². The predicted molar refractivity (Wildman–Crippen MR) is 121 cm³/mol. The molecule has 0 bridgehead atoms. The number of hydrogen-bond acceptors (Lipinski definition) is 8. The van der Waals surface area contributed by atoms with Crippen molar-refractivity contribution >= 4 is 17.6 Å². The van der Waals surface area contributed by atoms with Crippen LogP contribution in [0, 0.1) is 11.2 Å². The van der Waals surface area contributed by atoms with Crippen LogP contribution in [0.3, 0.4) is 0 Å². The van der Waals surface area contributed by atoms with Crippen molar-refractivity contribution in [3.8, 4) is 5.75 Å². The minimum absolute atomic E-state index is 0.0824. The first kappa shape index (κ1) is 23.1. The number of hydrogen-bond donors (Lipinski definition) is 1. The van der Waals surface area contributed by atoms with Crippen LogP contribution < -0.4 is 9.64 Å². The van der Waals surface area contributed by atoms with Gasteiger partial charge in [0.1, 0.15) is 0 Å². The van der Waals surface area contributed by atoms with E-state index in [0.29, 0.717) is 31.6 Å². The van der Waals surface area contributed by atoms with Crippen molar-refractivity contribution in [3.05, 3.63) is 35.7 Å². The van der Waals surface area contributed by atoms with E-state index in [2.05, 4.69) is 4.90 Å². The summed E-state index contributed by atoms with van der Waals surface area (Å²) < 4.78 is 31.4. The molecule has 3 aliphatic heterocycles. The first-order chi connectivity index (χ1) is 16.1. The normalized spacial score (nSPS) is 37.6. The van der Waals surface area contributed by atoms with Gasteiger partial charge in [-0.25, -0.2) is 9.18 Å². The number of halogens is 1. The van der Waals surface area contributed by atoms with Crippen LogP contribution >= 0.6 is 0 Å². The van der Waals surface area contributed by atoms with Crippen molar-refractivity contribution in [2.75, 3.05) is 39.3 Å². The Morgan fingerprint density at radius 1 is 1.26 bits per heavy atom. The smallest absolute Gasteiger partial charge is 0.344 e. The third kappa shape index (κ3) is 2.49. The summed E-state index contributed by atoms with van der Waals surface area (Å²) in [6, 6.07) is 2.02. The Hall–Kier alpha value is -2.65.